The molecular formula is C15H14F2N2S. The molecule has 20 heavy (non-hydrogen) atoms. The summed E-state index contributed by atoms with van der Waals surface area (Å²) in [7, 11) is 0. The van der Waals surface area contributed by atoms with Gasteiger partial charge >= 0.3 is 0 Å². The molecule has 1 aromatic heterocycles. The highest BCUT2D eigenvalue weighted by Crippen LogP contribution is 2.31. The molecule has 0 radical (unpaired) electrons. The molecule has 0 fully saturated rings. The number of benzene rings is 1. The minimum Gasteiger partial charge on any atom is -0.375 e. The molecule has 0 aliphatic rings. The van der Waals surface area contributed by atoms with Gasteiger partial charge in [0.15, 0.2) is 11.6 Å². The lowest BCUT2D eigenvalue weighted by Gasteiger charge is -2.23. The molecule has 0 bridgehead atoms. The molecule has 2 aromatic rings. The summed E-state index contributed by atoms with van der Waals surface area (Å²) in [6.45, 7) is 4.02. The molecule has 2 rings (SSSR count). The molecule has 1 heterocycles. The Bertz CT molecular complexity index is 630. The van der Waals surface area contributed by atoms with Gasteiger partial charge in [0.05, 0.1) is 17.3 Å². The summed E-state index contributed by atoms with van der Waals surface area (Å²) in [6.07, 6.45) is 0. The topological polar surface area (TPSA) is 35.8 Å². The molecule has 1 N–H and O–H groups in total. The minimum absolute atomic E-state index is 0.0774. The maximum Gasteiger partial charge on any atom is 0.183 e. The van der Waals surface area contributed by atoms with Gasteiger partial charge in [0, 0.05) is 4.88 Å². The van der Waals surface area contributed by atoms with E-state index in [1.165, 1.54) is 12.1 Å². The third-order valence-electron chi connectivity index (χ3n) is 3.03. The second-order valence-electron chi connectivity index (χ2n) is 4.78. The van der Waals surface area contributed by atoms with Gasteiger partial charge in [-0.05, 0) is 29.5 Å². The molecule has 0 saturated carbocycles. The van der Waals surface area contributed by atoms with E-state index in [1.807, 2.05) is 31.4 Å². The number of rotatable bonds is 4. The Morgan fingerprint density at radius 2 is 1.95 bits per heavy atom. The van der Waals surface area contributed by atoms with Gasteiger partial charge in [-0.15, -0.1) is 11.3 Å². The Hall–Kier alpha value is -1.93. The van der Waals surface area contributed by atoms with Gasteiger partial charge in [0.1, 0.15) is 6.07 Å². The molecule has 1 aromatic carbocycles. The maximum absolute atomic E-state index is 13.9. The Labute approximate surface area is 120 Å². The lowest BCUT2D eigenvalue weighted by Crippen LogP contribution is -2.17. The lowest BCUT2D eigenvalue weighted by molar-refractivity contribution is 0.500. The fourth-order valence-electron chi connectivity index (χ4n) is 1.95. The molecule has 0 aliphatic heterocycles. The normalized spacial score (nSPS) is 12.2. The van der Waals surface area contributed by atoms with Crippen LogP contribution in [0.3, 0.4) is 0 Å². The number of nitrogens with zero attached hydrogens (tertiary/aromatic N) is 1. The Kier molecular flexibility index (Phi) is 4.35. The highest BCUT2D eigenvalue weighted by Gasteiger charge is 2.20. The highest BCUT2D eigenvalue weighted by atomic mass is 32.1. The predicted molar refractivity (Wildman–Crippen MR) is 76.6 cm³/mol. The monoisotopic (exact) mass is 292 g/mol. The summed E-state index contributed by atoms with van der Waals surface area (Å²) >= 11 is 1.57. The second-order valence-corrected chi connectivity index (χ2v) is 5.76. The average Bonchev–Trinajstić information content (AvgIpc) is 2.94. The van der Waals surface area contributed by atoms with Crippen LogP contribution in [0.4, 0.5) is 14.5 Å². The molecule has 104 valence electrons. The SMILES string of the molecule is CC(C)C(Nc1ccc(C#N)c(F)c1F)c1cccs1. The minimum atomic E-state index is -1.11. The summed E-state index contributed by atoms with van der Waals surface area (Å²) in [5, 5.41) is 13.7. The Morgan fingerprint density at radius 3 is 2.50 bits per heavy atom. The molecule has 0 spiro atoms. The van der Waals surface area contributed by atoms with Crippen LogP contribution in [0.25, 0.3) is 0 Å². The van der Waals surface area contributed by atoms with Crippen LogP contribution >= 0.6 is 11.3 Å². The second kappa shape index (κ2) is 6.02. The summed E-state index contributed by atoms with van der Waals surface area (Å²) in [5.41, 5.74) is -0.209. The number of nitrogens with one attached hydrogen (secondary N) is 1. The van der Waals surface area contributed by atoms with Crippen LogP contribution < -0.4 is 5.32 Å². The third kappa shape index (κ3) is 2.81. The van der Waals surface area contributed by atoms with Gasteiger partial charge in [-0.3, -0.25) is 0 Å². The number of anilines is 1. The van der Waals surface area contributed by atoms with Gasteiger partial charge < -0.3 is 5.32 Å². The van der Waals surface area contributed by atoms with E-state index in [4.69, 9.17) is 5.26 Å². The van der Waals surface area contributed by atoms with Crippen molar-refractivity contribution in [2.24, 2.45) is 5.92 Å². The molecule has 5 heteroatoms. The Morgan fingerprint density at radius 1 is 1.20 bits per heavy atom. The van der Waals surface area contributed by atoms with Crippen molar-refractivity contribution in [3.8, 4) is 6.07 Å². The standard InChI is InChI=1S/C15H14F2N2S/c1-9(2)15(12-4-3-7-20-12)19-11-6-5-10(8-18)13(16)14(11)17/h3-7,9,15,19H,1-2H3. The first kappa shape index (κ1) is 14.5. The fourth-order valence-corrected chi connectivity index (χ4v) is 2.90. The predicted octanol–water partition coefficient (Wildman–Crippen LogP) is 4.71. The van der Waals surface area contributed by atoms with E-state index >= 15 is 0 Å². The van der Waals surface area contributed by atoms with Crippen LogP contribution in [0.5, 0.6) is 0 Å². The molecule has 2 nitrogen and oxygen atoms in total. The molecule has 0 saturated heterocycles. The van der Waals surface area contributed by atoms with Gasteiger partial charge in [-0.2, -0.15) is 5.26 Å². The van der Waals surface area contributed by atoms with E-state index in [2.05, 4.69) is 5.32 Å². The zero-order chi connectivity index (χ0) is 14.7. The van der Waals surface area contributed by atoms with Crippen molar-refractivity contribution in [3.63, 3.8) is 0 Å². The van der Waals surface area contributed by atoms with Gasteiger partial charge in [-0.1, -0.05) is 19.9 Å². The highest BCUT2D eigenvalue weighted by molar-refractivity contribution is 7.10. The lowest BCUT2D eigenvalue weighted by atomic mass is 10.0. The van der Waals surface area contributed by atoms with Crippen molar-refractivity contribution in [3.05, 3.63) is 51.7 Å². The number of thiophene rings is 1. The number of nitriles is 1. The smallest absolute Gasteiger partial charge is 0.183 e. The average molecular weight is 292 g/mol. The van der Waals surface area contributed by atoms with Crippen molar-refractivity contribution >= 4 is 17.0 Å². The van der Waals surface area contributed by atoms with E-state index in [0.717, 1.165) is 4.88 Å². The summed E-state index contributed by atoms with van der Waals surface area (Å²) in [6, 6.07) is 8.10. The van der Waals surface area contributed by atoms with Crippen molar-refractivity contribution in [2.45, 2.75) is 19.9 Å². The largest absolute Gasteiger partial charge is 0.375 e. The van der Waals surface area contributed by atoms with E-state index in [9.17, 15) is 8.78 Å². The quantitative estimate of drug-likeness (QED) is 0.886. The summed E-state index contributed by atoms with van der Waals surface area (Å²) < 4.78 is 27.6. The van der Waals surface area contributed by atoms with Crippen LogP contribution in [0.1, 0.15) is 30.3 Å². The van der Waals surface area contributed by atoms with Gasteiger partial charge in [0.2, 0.25) is 0 Å². The van der Waals surface area contributed by atoms with Crippen LogP contribution in [0, 0.1) is 28.9 Å². The van der Waals surface area contributed by atoms with Crippen molar-refractivity contribution in [2.75, 3.05) is 5.32 Å². The zero-order valence-corrected chi connectivity index (χ0v) is 12.0. The van der Waals surface area contributed by atoms with E-state index in [0.29, 0.717) is 0 Å². The first-order valence-electron chi connectivity index (χ1n) is 6.22. The molecule has 0 amide bonds. The van der Waals surface area contributed by atoms with Crippen molar-refractivity contribution < 1.29 is 8.78 Å². The summed E-state index contributed by atoms with van der Waals surface area (Å²) in [4.78, 5) is 1.06. The molecular weight excluding hydrogens is 278 g/mol. The van der Waals surface area contributed by atoms with Crippen molar-refractivity contribution in [1.82, 2.24) is 0 Å². The molecule has 0 aliphatic carbocycles. The first-order chi connectivity index (χ1) is 9.54. The first-order valence-corrected chi connectivity index (χ1v) is 7.10. The van der Waals surface area contributed by atoms with Crippen LogP contribution in [-0.2, 0) is 0 Å². The number of halogens is 2. The molecule has 1 unspecified atom stereocenters. The van der Waals surface area contributed by atoms with E-state index in [1.54, 1.807) is 17.4 Å². The zero-order valence-electron chi connectivity index (χ0n) is 11.2. The Balaban J connectivity index is 2.33. The van der Waals surface area contributed by atoms with Crippen molar-refractivity contribution in [1.29, 1.82) is 5.26 Å². The fraction of sp³-hybridized carbons (Fsp3) is 0.267. The summed E-state index contributed by atoms with van der Waals surface area (Å²) in [5.74, 6) is -1.90. The molecule has 1 atom stereocenters. The van der Waals surface area contributed by atoms with Gasteiger partial charge in [-0.25, -0.2) is 8.78 Å². The van der Waals surface area contributed by atoms with Crippen LogP contribution in [-0.4, -0.2) is 0 Å². The van der Waals surface area contributed by atoms with Crippen LogP contribution in [0.2, 0.25) is 0 Å². The van der Waals surface area contributed by atoms with E-state index in [-0.39, 0.29) is 23.2 Å². The van der Waals surface area contributed by atoms with E-state index < -0.39 is 11.6 Å². The number of hydrogen-bond donors (Lipinski definition) is 1. The van der Waals surface area contributed by atoms with Crippen LogP contribution in [0.15, 0.2) is 29.6 Å². The van der Waals surface area contributed by atoms with Gasteiger partial charge in [0.25, 0.3) is 0 Å². The maximum atomic E-state index is 13.9. The third-order valence-corrected chi connectivity index (χ3v) is 3.99. The number of hydrogen-bond acceptors (Lipinski definition) is 3.